The van der Waals surface area contributed by atoms with Crippen molar-refractivity contribution in [3.63, 3.8) is 0 Å². The lowest BCUT2D eigenvalue weighted by molar-refractivity contribution is -0.111. The highest BCUT2D eigenvalue weighted by Crippen LogP contribution is 2.13. The molecule has 5 nitrogen and oxygen atoms in total. The Hall–Kier alpha value is -3.08. The lowest BCUT2D eigenvalue weighted by Gasteiger charge is -1.97. The minimum atomic E-state index is -0.253. The number of rotatable bonds is 3. The molecule has 0 fully saturated rings. The minimum absolute atomic E-state index is 0.253. The molecule has 0 atom stereocenters. The van der Waals surface area contributed by atoms with E-state index in [9.17, 15) is 4.79 Å². The highest BCUT2D eigenvalue weighted by molar-refractivity contribution is 6.01. The summed E-state index contributed by atoms with van der Waals surface area (Å²) in [6.45, 7) is 0. The number of aromatic amines is 1. The molecule has 1 aromatic heterocycles. The van der Waals surface area contributed by atoms with E-state index in [1.54, 1.807) is 18.2 Å². The van der Waals surface area contributed by atoms with Gasteiger partial charge in [0.1, 0.15) is 0 Å². The Morgan fingerprint density at radius 3 is 2.86 bits per heavy atom. The second kappa shape index (κ2) is 5.50. The van der Waals surface area contributed by atoms with Crippen molar-refractivity contribution in [2.45, 2.75) is 0 Å². The molecule has 2 aromatic carbocycles. The fourth-order valence-electron chi connectivity index (χ4n) is 2.00. The van der Waals surface area contributed by atoms with E-state index in [4.69, 9.17) is 5.73 Å². The Labute approximate surface area is 121 Å². The van der Waals surface area contributed by atoms with Gasteiger partial charge in [0.2, 0.25) is 5.95 Å². The van der Waals surface area contributed by atoms with Crippen LogP contribution in [0.15, 0.2) is 54.6 Å². The number of carbonyl (C=O) groups is 1. The zero-order chi connectivity index (χ0) is 14.7. The largest absolute Gasteiger partial charge is 0.399 e. The number of hydrogen-bond acceptors (Lipinski definition) is 3. The van der Waals surface area contributed by atoms with Gasteiger partial charge >= 0.3 is 0 Å². The number of para-hydroxylation sites is 2. The van der Waals surface area contributed by atoms with Gasteiger partial charge in [-0.25, -0.2) is 4.98 Å². The van der Waals surface area contributed by atoms with Gasteiger partial charge in [-0.15, -0.1) is 0 Å². The van der Waals surface area contributed by atoms with Gasteiger partial charge in [0.25, 0.3) is 5.91 Å². The summed E-state index contributed by atoms with van der Waals surface area (Å²) < 4.78 is 0. The van der Waals surface area contributed by atoms with Crippen LogP contribution in [0.5, 0.6) is 0 Å². The molecule has 0 aliphatic rings. The molecule has 21 heavy (non-hydrogen) atoms. The summed E-state index contributed by atoms with van der Waals surface area (Å²) >= 11 is 0. The Kier molecular flexibility index (Phi) is 3.39. The van der Waals surface area contributed by atoms with Crippen LogP contribution in [-0.4, -0.2) is 15.9 Å². The fourth-order valence-corrected chi connectivity index (χ4v) is 2.00. The van der Waals surface area contributed by atoms with Gasteiger partial charge in [0.05, 0.1) is 11.0 Å². The van der Waals surface area contributed by atoms with Crippen LogP contribution in [0.4, 0.5) is 11.6 Å². The summed E-state index contributed by atoms with van der Waals surface area (Å²) in [6, 6.07) is 14.9. The van der Waals surface area contributed by atoms with Gasteiger partial charge in [-0.3, -0.25) is 10.1 Å². The number of imidazole rings is 1. The average molecular weight is 278 g/mol. The van der Waals surface area contributed by atoms with Gasteiger partial charge in [0.15, 0.2) is 0 Å². The summed E-state index contributed by atoms with van der Waals surface area (Å²) in [5.74, 6) is 0.176. The first-order valence-corrected chi connectivity index (χ1v) is 6.50. The molecule has 1 amide bonds. The first kappa shape index (κ1) is 12.9. The van der Waals surface area contributed by atoms with Crippen LogP contribution in [0.3, 0.4) is 0 Å². The van der Waals surface area contributed by atoms with Crippen LogP contribution in [0.2, 0.25) is 0 Å². The maximum absolute atomic E-state index is 11.9. The molecule has 0 bridgehead atoms. The monoisotopic (exact) mass is 278 g/mol. The first-order valence-electron chi connectivity index (χ1n) is 6.50. The average Bonchev–Trinajstić information content (AvgIpc) is 2.87. The Morgan fingerprint density at radius 1 is 1.19 bits per heavy atom. The van der Waals surface area contributed by atoms with E-state index in [1.165, 1.54) is 6.08 Å². The van der Waals surface area contributed by atoms with Crippen molar-refractivity contribution in [1.82, 2.24) is 9.97 Å². The number of fused-ring (bicyclic) bond motifs is 1. The van der Waals surface area contributed by atoms with Crippen molar-refractivity contribution >= 4 is 34.7 Å². The second-order valence-electron chi connectivity index (χ2n) is 4.60. The number of carbonyl (C=O) groups excluding carboxylic acids is 1. The Morgan fingerprint density at radius 2 is 2.05 bits per heavy atom. The lowest BCUT2D eigenvalue weighted by Crippen LogP contribution is -2.08. The number of nitrogen functional groups attached to an aromatic ring is 1. The number of hydrogen-bond donors (Lipinski definition) is 3. The van der Waals surface area contributed by atoms with Gasteiger partial charge in [0, 0.05) is 11.8 Å². The molecule has 5 heteroatoms. The third-order valence-corrected chi connectivity index (χ3v) is 2.97. The number of nitrogens with one attached hydrogen (secondary N) is 2. The fraction of sp³-hybridized carbons (Fsp3) is 0. The van der Waals surface area contributed by atoms with E-state index in [0.29, 0.717) is 11.6 Å². The number of nitrogens with zero attached hydrogens (tertiary/aromatic N) is 1. The molecule has 104 valence electrons. The van der Waals surface area contributed by atoms with Crippen LogP contribution in [0.1, 0.15) is 5.56 Å². The van der Waals surface area contributed by atoms with Crippen molar-refractivity contribution in [3.05, 3.63) is 60.2 Å². The molecule has 0 aliphatic heterocycles. The number of amides is 1. The number of benzene rings is 2. The quantitative estimate of drug-likeness (QED) is 0.509. The van der Waals surface area contributed by atoms with Crippen molar-refractivity contribution in [2.75, 3.05) is 11.1 Å². The van der Waals surface area contributed by atoms with Crippen LogP contribution < -0.4 is 11.1 Å². The van der Waals surface area contributed by atoms with E-state index in [-0.39, 0.29) is 5.91 Å². The van der Waals surface area contributed by atoms with E-state index in [0.717, 1.165) is 16.6 Å². The number of H-pyrrole nitrogens is 1. The molecule has 3 aromatic rings. The van der Waals surface area contributed by atoms with Crippen molar-refractivity contribution in [2.24, 2.45) is 0 Å². The topological polar surface area (TPSA) is 83.8 Å². The van der Waals surface area contributed by atoms with E-state index >= 15 is 0 Å². The van der Waals surface area contributed by atoms with E-state index in [2.05, 4.69) is 15.3 Å². The normalized spacial score (nSPS) is 11.0. The van der Waals surface area contributed by atoms with E-state index in [1.807, 2.05) is 36.4 Å². The predicted molar refractivity (Wildman–Crippen MR) is 84.6 cm³/mol. The minimum Gasteiger partial charge on any atom is -0.399 e. The summed E-state index contributed by atoms with van der Waals surface area (Å²) in [6.07, 6.45) is 3.15. The maximum Gasteiger partial charge on any atom is 0.250 e. The van der Waals surface area contributed by atoms with Gasteiger partial charge in [-0.2, -0.15) is 0 Å². The number of nitrogens with two attached hydrogens (primary N) is 1. The summed E-state index contributed by atoms with van der Waals surface area (Å²) in [5, 5.41) is 2.69. The second-order valence-corrected chi connectivity index (χ2v) is 4.60. The molecule has 0 saturated carbocycles. The van der Waals surface area contributed by atoms with Crippen LogP contribution in [0.25, 0.3) is 17.1 Å². The predicted octanol–water partition coefficient (Wildman–Crippen LogP) is 2.80. The smallest absolute Gasteiger partial charge is 0.250 e. The third kappa shape index (κ3) is 3.09. The van der Waals surface area contributed by atoms with Crippen molar-refractivity contribution < 1.29 is 4.79 Å². The van der Waals surface area contributed by atoms with Crippen LogP contribution in [0, 0.1) is 0 Å². The molecule has 4 N–H and O–H groups in total. The molecular formula is C16H14N4O. The zero-order valence-corrected chi connectivity index (χ0v) is 11.2. The standard InChI is InChI=1S/C16H14N4O/c17-12-5-3-4-11(10-12)8-9-15(21)20-16-18-13-6-1-2-7-14(13)19-16/h1-10H,17H2,(H2,18,19,20,21)/b9-8+. The number of aromatic nitrogens is 2. The molecule has 0 unspecified atom stereocenters. The van der Waals surface area contributed by atoms with Crippen molar-refractivity contribution in [1.29, 1.82) is 0 Å². The van der Waals surface area contributed by atoms with Crippen LogP contribution >= 0.6 is 0 Å². The number of anilines is 2. The Balaban J connectivity index is 1.71. The van der Waals surface area contributed by atoms with Gasteiger partial charge < -0.3 is 10.7 Å². The summed E-state index contributed by atoms with van der Waals surface area (Å²) in [7, 11) is 0. The molecular weight excluding hydrogens is 264 g/mol. The summed E-state index contributed by atoms with van der Waals surface area (Å²) in [4.78, 5) is 19.2. The Bertz CT molecular complexity index is 787. The first-order chi connectivity index (χ1) is 10.2. The molecule has 0 aliphatic carbocycles. The van der Waals surface area contributed by atoms with Gasteiger partial charge in [-0.05, 0) is 35.9 Å². The molecule has 3 rings (SSSR count). The highest BCUT2D eigenvalue weighted by Gasteiger charge is 2.03. The molecule has 0 spiro atoms. The molecule has 1 heterocycles. The lowest BCUT2D eigenvalue weighted by atomic mass is 10.2. The SMILES string of the molecule is Nc1cccc(/C=C/C(=O)Nc2nc3ccccc3[nH]2)c1. The molecule has 0 radical (unpaired) electrons. The maximum atomic E-state index is 11.9. The summed E-state index contributed by atoms with van der Waals surface area (Å²) in [5.41, 5.74) is 8.91. The van der Waals surface area contributed by atoms with Crippen molar-refractivity contribution in [3.8, 4) is 0 Å². The third-order valence-electron chi connectivity index (χ3n) is 2.97. The van der Waals surface area contributed by atoms with Gasteiger partial charge in [-0.1, -0.05) is 24.3 Å². The zero-order valence-electron chi connectivity index (χ0n) is 11.2. The highest BCUT2D eigenvalue weighted by atomic mass is 16.1. The van der Waals surface area contributed by atoms with E-state index < -0.39 is 0 Å². The van der Waals surface area contributed by atoms with Crippen LogP contribution in [-0.2, 0) is 4.79 Å². The molecule has 0 saturated heterocycles.